The van der Waals surface area contributed by atoms with Crippen LogP contribution in [0.4, 0.5) is 5.69 Å². The molecule has 0 fully saturated rings. The Bertz CT molecular complexity index is 1100. The second-order valence-electron chi connectivity index (χ2n) is 8.83. The summed E-state index contributed by atoms with van der Waals surface area (Å²) in [5.41, 5.74) is 1.35. The monoisotopic (exact) mass is 533 g/mol. The summed E-state index contributed by atoms with van der Waals surface area (Å²) in [6, 6.07) is 13.4. The van der Waals surface area contributed by atoms with Gasteiger partial charge in [-0.25, -0.2) is 8.42 Å². The van der Waals surface area contributed by atoms with Crippen molar-refractivity contribution in [1.82, 2.24) is 10.2 Å². The predicted molar refractivity (Wildman–Crippen MR) is 145 cm³/mol. The topological polar surface area (TPSA) is 105 Å². The number of anilines is 1. The van der Waals surface area contributed by atoms with Crippen LogP contribution in [0.15, 0.2) is 48.5 Å². The lowest BCUT2D eigenvalue weighted by Crippen LogP contribution is -2.47. The summed E-state index contributed by atoms with van der Waals surface area (Å²) in [4.78, 5) is 27.7. The van der Waals surface area contributed by atoms with Crippen LogP contribution in [0.25, 0.3) is 0 Å². The predicted octanol–water partition coefficient (Wildman–Crippen LogP) is 3.58. The lowest BCUT2D eigenvalue weighted by molar-refractivity contribution is -0.140. The summed E-state index contributed by atoms with van der Waals surface area (Å²) >= 11 is 0. The van der Waals surface area contributed by atoms with Crippen molar-refractivity contribution in [3.05, 3.63) is 54.1 Å². The maximum absolute atomic E-state index is 13.3. The van der Waals surface area contributed by atoms with Crippen molar-refractivity contribution < 1.29 is 27.5 Å². The van der Waals surface area contributed by atoms with Crippen molar-refractivity contribution in [2.75, 3.05) is 37.9 Å². The van der Waals surface area contributed by atoms with E-state index in [0.717, 1.165) is 24.7 Å². The molecule has 10 heteroatoms. The molecule has 1 N–H and O–H groups in total. The minimum absolute atomic E-state index is 0.0882. The molecule has 0 aliphatic rings. The molecular formula is C27H39N3O6S. The third-order valence-corrected chi connectivity index (χ3v) is 7.22. The molecule has 0 bridgehead atoms. The first-order valence-corrected chi connectivity index (χ1v) is 14.3. The molecule has 0 saturated heterocycles. The quantitative estimate of drug-likeness (QED) is 0.351. The van der Waals surface area contributed by atoms with Crippen molar-refractivity contribution in [1.29, 1.82) is 0 Å². The van der Waals surface area contributed by atoms with Gasteiger partial charge in [0.05, 0.1) is 26.2 Å². The first kappa shape index (κ1) is 30.0. The summed E-state index contributed by atoms with van der Waals surface area (Å²) in [6.07, 6.45) is 3.33. The minimum atomic E-state index is -3.56. The lowest BCUT2D eigenvalue weighted by Gasteiger charge is -2.29. The van der Waals surface area contributed by atoms with Crippen LogP contribution < -0.4 is 19.1 Å². The molecule has 0 aliphatic carbocycles. The number of methoxy groups -OCH3 is 2. The zero-order chi connectivity index (χ0) is 27.4. The summed E-state index contributed by atoms with van der Waals surface area (Å²) in [5.74, 6) is 0.877. The fourth-order valence-corrected chi connectivity index (χ4v) is 4.76. The summed E-state index contributed by atoms with van der Waals surface area (Å²) < 4.78 is 36.5. The van der Waals surface area contributed by atoms with E-state index in [-0.39, 0.29) is 31.3 Å². The number of amides is 2. The van der Waals surface area contributed by atoms with Gasteiger partial charge < -0.3 is 19.7 Å². The molecule has 2 aromatic carbocycles. The number of ether oxygens (including phenoxy) is 2. The van der Waals surface area contributed by atoms with Crippen LogP contribution in [-0.4, -0.2) is 64.7 Å². The van der Waals surface area contributed by atoms with Crippen LogP contribution in [0, 0.1) is 0 Å². The van der Waals surface area contributed by atoms with Gasteiger partial charge in [0.2, 0.25) is 21.8 Å². The van der Waals surface area contributed by atoms with Crippen LogP contribution in [0.1, 0.15) is 45.1 Å². The molecule has 0 aromatic heterocycles. The van der Waals surface area contributed by atoms with E-state index >= 15 is 0 Å². The molecule has 204 valence electrons. The molecule has 0 saturated carbocycles. The van der Waals surface area contributed by atoms with Gasteiger partial charge in [-0.15, -0.1) is 0 Å². The molecule has 2 rings (SSSR count). The summed E-state index contributed by atoms with van der Waals surface area (Å²) in [5, 5.41) is 2.90. The van der Waals surface area contributed by atoms with Crippen molar-refractivity contribution in [3.8, 4) is 11.5 Å². The maximum Gasteiger partial charge on any atom is 0.242 e. The molecule has 0 aliphatic heterocycles. The normalized spacial score (nSPS) is 11.9. The average Bonchev–Trinajstić information content (AvgIpc) is 2.89. The molecule has 0 heterocycles. The Balaban J connectivity index is 2.14. The number of carbonyl (C=O) groups is 2. The van der Waals surface area contributed by atoms with E-state index in [1.807, 2.05) is 31.2 Å². The molecule has 0 unspecified atom stereocenters. The van der Waals surface area contributed by atoms with Crippen LogP contribution in [-0.2, 0) is 26.2 Å². The van der Waals surface area contributed by atoms with Crippen molar-refractivity contribution in [3.63, 3.8) is 0 Å². The van der Waals surface area contributed by atoms with Crippen LogP contribution in [0.3, 0.4) is 0 Å². The van der Waals surface area contributed by atoms with Gasteiger partial charge in [-0.1, -0.05) is 25.5 Å². The zero-order valence-corrected chi connectivity index (χ0v) is 23.2. The van der Waals surface area contributed by atoms with E-state index in [0.29, 0.717) is 30.2 Å². The molecule has 37 heavy (non-hydrogen) atoms. The van der Waals surface area contributed by atoms with E-state index in [4.69, 9.17) is 9.47 Å². The Hall–Kier alpha value is -3.27. The number of nitrogens with zero attached hydrogens (tertiary/aromatic N) is 2. The van der Waals surface area contributed by atoms with Gasteiger partial charge in [-0.3, -0.25) is 13.9 Å². The number of carbonyl (C=O) groups excluding carboxylic acids is 2. The van der Waals surface area contributed by atoms with E-state index in [2.05, 4.69) is 5.32 Å². The molecule has 1 atom stereocenters. The van der Waals surface area contributed by atoms with E-state index in [9.17, 15) is 18.0 Å². The molecule has 2 aromatic rings. The maximum atomic E-state index is 13.3. The largest absolute Gasteiger partial charge is 0.497 e. The highest BCUT2D eigenvalue weighted by Gasteiger charge is 2.26. The van der Waals surface area contributed by atoms with Gasteiger partial charge in [0, 0.05) is 26.1 Å². The fraction of sp³-hybridized carbons (Fsp3) is 0.481. The summed E-state index contributed by atoms with van der Waals surface area (Å²) in [6.45, 7) is 4.68. The highest BCUT2D eigenvalue weighted by molar-refractivity contribution is 7.92. The van der Waals surface area contributed by atoms with E-state index in [1.54, 1.807) is 43.2 Å². The molecule has 0 spiro atoms. The van der Waals surface area contributed by atoms with Gasteiger partial charge in [0.15, 0.2) is 0 Å². The first-order valence-electron chi connectivity index (χ1n) is 12.4. The molecule has 0 radical (unpaired) electrons. The van der Waals surface area contributed by atoms with Crippen LogP contribution in [0.5, 0.6) is 11.5 Å². The SMILES string of the molecule is CCCCNC(=O)[C@H](C)N(Cc1ccc(OC)cc1)C(=O)CCCN(c1ccc(OC)cc1)S(C)(=O)=O. The molecular weight excluding hydrogens is 494 g/mol. The minimum Gasteiger partial charge on any atom is -0.497 e. The average molecular weight is 534 g/mol. The Kier molecular flexibility index (Phi) is 11.7. The van der Waals surface area contributed by atoms with E-state index in [1.165, 1.54) is 11.4 Å². The number of unbranched alkanes of at least 4 members (excludes halogenated alkanes) is 1. The zero-order valence-electron chi connectivity index (χ0n) is 22.4. The van der Waals surface area contributed by atoms with Gasteiger partial charge >= 0.3 is 0 Å². The third kappa shape index (κ3) is 9.27. The highest BCUT2D eigenvalue weighted by Crippen LogP contribution is 2.22. The van der Waals surface area contributed by atoms with Crippen molar-refractivity contribution >= 4 is 27.5 Å². The highest BCUT2D eigenvalue weighted by atomic mass is 32.2. The number of hydrogen-bond donors (Lipinski definition) is 1. The lowest BCUT2D eigenvalue weighted by atomic mass is 10.1. The standard InChI is InChI=1S/C27H39N3O6S/c1-6-7-18-28-27(32)21(2)29(20-22-10-14-24(35-3)15-11-22)26(31)9-8-19-30(37(5,33)34)23-12-16-25(36-4)17-13-23/h10-17,21H,6-9,18-20H2,1-5H3,(H,28,32)/t21-/m0/s1. The van der Waals surface area contributed by atoms with Gasteiger partial charge in [-0.2, -0.15) is 0 Å². The Morgan fingerprint density at radius 1 is 0.946 bits per heavy atom. The number of sulfonamides is 1. The number of rotatable bonds is 15. The number of benzene rings is 2. The van der Waals surface area contributed by atoms with Gasteiger partial charge in [0.1, 0.15) is 17.5 Å². The molecule has 2 amide bonds. The first-order chi connectivity index (χ1) is 17.6. The van der Waals surface area contributed by atoms with E-state index < -0.39 is 16.1 Å². The Morgan fingerprint density at radius 3 is 2.03 bits per heavy atom. The fourth-order valence-electron chi connectivity index (χ4n) is 3.80. The van der Waals surface area contributed by atoms with Gasteiger partial charge in [-0.05, 0) is 61.7 Å². The molecule has 9 nitrogen and oxygen atoms in total. The van der Waals surface area contributed by atoms with Crippen molar-refractivity contribution in [2.24, 2.45) is 0 Å². The smallest absolute Gasteiger partial charge is 0.242 e. The second-order valence-corrected chi connectivity index (χ2v) is 10.7. The van der Waals surface area contributed by atoms with Crippen LogP contribution >= 0.6 is 0 Å². The Morgan fingerprint density at radius 2 is 1.51 bits per heavy atom. The Labute approximate surface area is 220 Å². The van der Waals surface area contributed by atoms with Gasteiger partial charge in [0.25, 0.3) is 0 Å². The number of nitrogens with one attached hydrogen (secondary N) is 1. The second kappa shape index (κ2) is 14.5. The van der Waals surface area contributed by atoms with Crippen molar-refractivity contribution in [2.45, 2.75) is 52.1 Å². The number of hydrogen-bond acceptors (Lipinski definition) is 6. The summed E-state index contributed by atoms with van der Waals surface area (Å²) in [7, 11) is -0.440. The third-order valence-electron chi connectivity index (χ3n) is 6.02. The van der Waals surface area contributed by atoms with Crippen LogP contribution in [0.2, 0.25) is 0 Å².